The van der Waals surface area contributed by atoms with Crippen molar-refractivity contribution in [2.75, 3.05) is 26.7 Å². The Hall–Kier alpha value is -1.60. The zero-order valence-corrected chi connectivity index (χ0v) is 12.2. The Kier molecular flexibility index (Phi) is 4.29. The molecule has 20 heavy (non-hydrogen) atoms. The van der Waals surface area contributed by atoms with Crippen LogP contribution in [0.4, 0.5) is 0 Å². The number of hydrogen-bond donors (Lipinski definition) is 1. The van der Waals surface area contributed by atoms with Gasteiger partial charge in [-0.25, -0.2) is 0 Å². The highest BCUT2D eigenvalue weighted by molar-refractivity contribution is 6.30. The molecule has 1 aliphatic heterocycles. The Morgan fingerprint density at radius 1 is 1.60 bits per heavy atom. The summed E-state index contributed by atoms with van der Waals surface area (Å²) in [7, 11) is 1.55. The molecule has 1 aromatic heterocycles. The van der Waals surface area contributed by atoms with Crippen LogP contribution >= 0.6 is 11.6 Å². The monoisotopic (exact) mass is 300 g/mol. The molecule has 0 radical (unpaired) electrons. The van der Waals surface area contributed by atoms with E-state index >= 15 is 0 Å². The largest absolute Gasteiger partial charge is 0.362 e. The summed E-state index contributed by atoms with van der Waals surface area (Å²) in [5.74, 6) is -0.361. The highest BCUT2D eigenvalue weighted by Gasteiger charge is 2.40. The quantitative estimate of drug-likeness (QED) is 0.846. The van der Waals surface area contributed by atoms with Crippen LogP contribution in [-0.4, -0.2) is 58.8 Å². The van der Waals surface area contributed by atoms with Crippen LogP contribution in [-0.2, 0) is 20.9 Å². The van der Waals surface area contributed by atoms with E-state index < -0.39 is 5.60 Å². The van der Waals surface area contributed by atoms with Crippen molar-refractivity contribution >= 4 is 23.4 Å². The van der Waals surface area contributed by atoms with Crippen LogP contribution in [0, 0.1) is 0 Å². The van der Waals surface area contributed by atoms with Gasteiger partial charge in [-0.05, 0) is 6.92 Å². The number of ether oxygens (including phenoxy) is 1. The van der Waals surface area contributed by atoms with E-state index in [1.165, 1.54) is 10.9 Å². The van der Waals surface area contributed by atoms with Crippen molar-refractivity contribution in [3.8, 4) is 0 Å². The van der Waals surface area contributed by atoms with E-state index in [0.717, 1.165) is 0 Å². The molecule has 0 bridgehead atoms. The summed E-state index contributed by atoms with van der Waals surface area (Å²) in [6, 6.07) is 0. The predicted molar refractivity (Wildman–Crippen MR) is 72.2 cm³/mol. The summed E-state index contributed by atoms with van der Waals surface area (Å²) in [4.78, 5) is 25.6. The van der Waals surface area contributed by atoms with Gasteiger partial charge in [-0.15, -0.1) is 0 Å². The Labute approximate surface area is 121 Å². The number of hydrogen-bond acceptors (Lipinski definition) is 4. The smallest absolute Gasteiger partial charge is 0.253 e. The summed E-state index contributed by atoms with van der Waals surface area (Å²) in [6.45, 7) is 2.78. The molecule has 2 amide bonds. The van der Waals surface area contributed by atoms with Crippen molar-refractivity contribution in [3.63, 3.8) is 0 Å². The molecule has 110 valence electrons. The van der Waals surface area contributed by atoms with E-state index in [9.17, 15) is 9.59 Å². The Morgan fingerprint density at radius 3 is 2.95 bits per heavy atom. The number of halogens is 1. The van der Waals surface area contributed by atoms with E-state index in [1.807, 2.05) is 0 Å². The lowest BCUT2D eigenvalue weighted by molar-refractivity contribution is -0.162. The molecule has 1 saturated heterocycles. The van der Waals surface area contributed by atoms with Crippen molar-refractivity contribution < 1.29 is 14.3 Å². The molecular weight excluding hydrogens is 284 g/mol. The number of carbonyl (C=O) groups excluding carboxylic acids is 2. The van der Waals surface area contributed by atoms with Gasteiger partial charge in [0.2, 0.25) is 5.91 Å². The van der Waals surface area contributed by atoms with Crippen molar-refractivity contribution in [1.82, 2.24) is 20.0 Å². The van der Waals surface area contributed by atoms with Gasteiger partial charge in [0.1, 0.15) is 6.54 Å². The number of nitrogens with one attached hydrogen (secondary N) is 1. The SMILES string of the molecule is CNC(=O)[C@@]1(C)CN(C(=O)Cn2cc(Cl)cn2)CCO1. The molecule has 0 saturated carbocycles. The number of likely N-dealkylation sites (N-methyl/N-ethyl adjacent to an activating group) is 1. The normalized spacial score (nSPS) is 22.6. The van der Waals surface area contributed by atoms with E-state index in [0.29, 0.717) is 18.2 Å². The average molecular weight is 301 g/mol. The van der Waals surface area contributed by atoms with Crippen LogP contribution in [0.5, 0.6) is 0 Å². The van der Waals surface area contributed by atoms with Crippen molar-refractivity contribution in [2.24, 2.45) is 0 Å². The topological polar surface area (TPSA) is 76.5 Å². The lowest BCUT2D eigenvalue weighted by atomic mass is 10.0. The molecule has 8 heteroatoms. The summed E-state index contributed by atoms with van der Waals surface area (Å²) in [6.07, 6.45) is 3.06. The van der Waals surface area contributed by atoms with Gasteiger partial charge in [0.15, 0.2) is 5.60 Å². The first-order valence-electron chi connectivity index (χ1n) is 6.26. The van der Waals surface area contributed by atoms with E-state index in [-0.39, 0.29) is 24.9 Å². The number of carbonyl (C=O) groups is 2. The second-order valence-electron chi connectivity index (χ2n) is 4.83. The Morgan fingerprint density at radius 2 is 2.35 bits per heavy atom. The molecule has 7 nitrogen and oxygen atoms in total. The molecule has 2 rings (SSSR count). The van der Waals surface area contributed by atoms with Crippen LogP contribution < -0.4 is 5.32 Å². The number of morpholine rings is 1. The fourth-order valence-electron chi connectivity index (χ4n) is 2.15. The van der Waals surface area contributed by atoms with Gasteiger partial charge in [-0.1, -0.05) is 11.6 Å². The summed E-state index contributed by atoms with van der Waals surface area (Å²) < 4.78 is 6.97. The third kappa shape index (κ3) is 3.10. The van der Waals surface area contributed by atoms with Crippen LogP contribution in [0.15, 0.2) is 12.4 Å². The highest BCUT2D eigenvalue weighted by atomic mass is 35.5. The molecular formula is C12H17ClN4O3. The van der Waals surface area contributed by atoms with Crippen molar-refractivity contribution in [2.45, 2.75) is 19.1 Å². The van der Waals surface area contributed by atoms with E-state index in [1.54, 1.807) is 25.1 Å². The molecule has 1 aromatic rings. The fraction of sp³-hybridized carbons (Fsp3) is 0.583. The van der Waals surface area contributed by atoms with Gasteiger partial charge in [0.25, 0.3) is 5.91 Å². The minimum Gasteiger partial charge on any atom is -0.362 e. The molecule has 1 aliphatic rings. The molecule has 1 fully saturated rings. The Balaban J connectivity index is 2.01. The zero-order valence-electron chi connectivity index (χ0n) is 11.4. The number of amides is 2. The van der Waals surface area contributed by atoms with Gasteiger partial charge in [-0.3, -0.25) is 14.3 Å². The standard InChI is InChI=1S/C12H17ClN4O3/c1-12(11(19)14-2)8-16(3-4-20-12)10(18)7-17-6-9(13)5-15-17/h5-6H,3-4,7-8H2,1-2H3,(H,14,19)/t12-/m1/s1. The fourth-order valence-corrected chi connectivity index (χ4v) is 2.30. The van der Waals surface area contributed by atoms with E-state index in [2.05, 4.69) is 10.4 Å². The first-order chi connectivity index (χ1) is 9.44. The van der Waals surface area contributed by atoms with Gasteiger partial charge in [-0.2, -0.15) is 5.10 Å². The van der Waals surface area contributed by atoms with Crippen molar-refractivity contribution in [1.29, 1.82) is 0 Å². The maximum Gasteiger partial charge on any atom is 0.253 e. The maximum absolute atomic E-state index is 12.2. The second kappa shape index (κ2) is 5.80. The predicted octanol–water partition coefficient (Wildman–Crippen LogP) is -0.100. The first-order valence-corrected chi connectivity index (χ1v) is 6.64. The van der Waals surface area contributed by atoms with Gasteiger partial charge < -0.3 is 15.0 Å². The lowest BCUT2D eigenvalue weighted by Crippen LogP contribution is -2.59. The molecule has 0 aliphatic carbocycles. The minimum atomic E-state index is -1.01. The van der Waals surface area contributed by atoms with Crippen LogP contribution in [0.3, 0.4) is 0 Å². The van der Waals surface area contributed by atoms with Gasteiger partial charge in [0.05, 0.1) is 24.4 Å². The van der Waals surface area contributed by atoms with Crippen LogP contribution in [0.2, 0.25) is 5.02 Å². The molecule has 2 heterocycles. The van der Waals surface area contributed by atoms with Crippen molar-refractivity contribution in [3.05, 3.63) is 17.4 Å². The number of rotatable bonds is 3. The first kappa shape index (κ1) is 14.8. The second-order valence-corrected chi connectivity index (χ2v) is 5.27. The zero-order chi connectivity index (χ0) is 14.8. The average Bonchev–Trinajstić information content (AvgIpc) is 2.83. The summed E-state index contributed by atoms with van der Waals surface area (Å²) in [5.41, 5.74) is -1.01. The van der Waals surface area contributed by atoms with E-state index in [4.69, 9.17) is 16.3 Å². The molecule has 1 atom stereocenters. The minimum absolute atomic E-state index is 0.0938. The van der Waals surface area contributed by atoms with Gasteiger partial charge in [0, 0.05) is 19.8 Å². The molecule has 0 unspecified atom stereocenters. The van der Waals surface area contributed by atoms with Gasteiger partial charge >= 0.3 is 0 Å². The molecule has 0 aromatic carbocycles. The van der Waals surface area contributed by atoms with Crippen LogP contribution in [0.25, 0.3) is 0 Å². The maximum atomic E-state index is 12.2. The summed E-state index contributed by atoms with van der Waals surface area (Å²) in [5, 5.41) is 7.00. The molecule has 1 N–H and O–H groups in total. The third-order valence-electron chi connectivity index (χ3n) is 3.23. The number of aromatic nitrogens is 2. The lowest BCUT2D eigenvalue weighted by Gasteiger charge is -2.39. The Bertz CT molecular complexity index is 519. The highest BCUT2D eigenvalue weighted by Crippen LogP contribution is 2.18. The number of nitrogens with zero attached hydrogens (tertiary/aromatic N) is 3. The third-order valence-corrected chi connectivity index (χ3v) is 3.43. The molecule has 0 spiro atoms. The van der Waals surface area contributed by atoms with Crippen LogP contribution in [0.1, 0.15) is 6.92 Å². The summed E-state index contributed by atoms with van der Waals surface area (Å²) >= 11 is 5.75.